The van der Waals surface area contributed by atoms with Gasteiger partial charge in [-0.2, -0.15) is 0 Å². The Hall–Kier alpha value is -0.570. The summed E-state index contributed by atoms with van der Waals surface area (Å²) in [5.41, 5.74) is 0. The van der Waals surface area contributed by atoms with Gasteiger partial charge in [0, 0.05) is 25.6 Å². The minimum absolute atomic E-state index is 0.177. The molecule has 1 fully saturated rings. The molecule has 0 heterocycles. The lowest BCUT2D eigenvalue weighted by atomic mass is 9.78. The molecule has 3 heteroatoms. The minimum Gasteiger partial charge on any atom is -0.356 e. The zero-order valence-corrected chi connectivity index (χ0v) is 11.6. The Morgan fingerprint density at radius 1 is 1.24 bits per heavy atom. The number of rotatable bonds is 6. The van der Waals surface area contributed by atoms with E-state index in [0.717, 1.165) is 31.3 Å². The number of carbonyl (C=O) groups is 1. The molecule has 3 atom stereocenters. The average molecular weight is 240 g/mol. The van der Waals surface area contributed by atoms with Gasteiger partial charge in [0.05, 0.1) is 0 Å². The van der Waals surface area contributed by atoms with Crippen LogP contribution in [0.1, 0.15) is 52.9 Å². The van der Waals surface area contributed by atoms with Gasteiger partial charge in [-0.25, -0.2) is 0 Å². The molecule has 2 N–H and O–H groups in total. The van der Waals surface area contributed by atoms with Crippen LogP contribution in [0.5, 0.6) is 0 Å². The summed E-state index contributed by atoms with van der Waals surface area (Å²) in [7, 11) is 0. The fraction of sp³-hybridized carbons (Fsp3) is 0.929. The van der Waals surface area contributed by atoms with Crippen molar-refractivity contribution >= 4 is 5.91 Å². The first-order valence-corrected chi connectivity index (χ1v) is 7.15. The van der Waals surface area contributed by atoms with E-state index in [1.807, 2.05) is 0 Å². The zero-order valence-electron chi connectivity index (χ0n) is 11.6. The van der Waals surface area contributed by atoms with Crippen LogP contribution in [0, 0.1) is 11.8 Å². The molecule has 1 aliphatic carbocycles. The van der Waals surface area contributed by atoms with Crippen molar-refractivity contribution in [2.24, 2.45) is 11.8 Å². The summed E-state index contributed by atoms with van der Waals surface area (Å²) in [4.78, 5) is 11.4. The van der Waals surface area contributed by atoms with Gasteiger partial charge in [-0.15, -0.1) is 0 Å². The maximum Gasteiger partial charge on any atom is 0.221 e. The first-order chi connectivity index (χ1) is 8.15. The van der Waals surface area contributed by atoms with Gasteiger partial charge < -0.3 is 10.6 Å². The van der Waals surface area contributed by atoms with Crippen LogP contribution >= 0.6 is 0 Å². The van der Waals surface area contributed by atoms with E-state index in [-0.39, 0.29) is 5.91 Å². The number of amides is 1. The van der Waals surface area contributed by atoms with Crippen LogP contribution in [0.3, 0.4) is 0 Å². The Morgan fingerprint density at radius 2 is 2.00 bits per heavy atom. The lowest BCUT2D eigenvalue weighted by Crippen LogP contribution is -2.42. The van der Waals surface area contributed by atoms with Crippen molar-refractivity contribution in [2.75, 3.05) is 13.1 Å². The van der Waals surface area contributed by atoms with Crippen LogP contribution < -0.4 is 10.6 Å². The molecule has 0 aromatic rings. The molecule has 17 heavy (non-hydrogen) atoms. The molecule has 100 valence electrons. The van der Waals surface area contributed by atoms with E-state index in [1.165, 1.54) is 19.3 Å². The molecule has 1 aliphatic rings. The van der Waals surface area contributed by atoms with Crippen molar-refractivity contribution in [3.8, 4) is 0 Å². The molecule has 0 aromatic carbocycles. The quantitative estimate of drug-likeness (QED) is 0.748. The fourth-order valence-corrected chi connectivity index (χ4v) is 2.59. The zero-order chi connectivity index (χ0) is 12.7. The van der Waals surface area contributed by atoms with Gasteiger partial charge in [0.2, 0.25) is 5.91 Å². The van der Waals surface area contributed by atoms with Gasteiger partial charge in [-0.05, 0) is 24.7 Å². The van der Waals surface area contributed by atoms with Gasteiger partial charge in [-0.3, -0.25) is 4.79 Å². The molecule has 3 unspecified atom stereocenters. The van der Waals surface area contributed by atoms with Crippen molar-refractivity contribution in [3.63, 3.8) is 0 Å². The summed E-state index contributed by atoms with van der Waals surface area (Å²) < 4.78 is 0. The smallest absolute Gasteiger partial charge is 0.221 e. The van der Waals surface area contributed by atoms with Crippen LogP contribution in [0.15, 0.2) is 0 Å². The maximum atomic E-state index is 11.4. The molecule has 1 saturated carbocycles. The van der Waals surface area contributed by atoms with Crippen LogP contribution in [0.25, 0.3) is 0 Å². The predicted molar refractivity (Wildman–Crippen MR) is 71.9 cm³/mol. The summed E-state index contributed by atoms with van der Waals surface area (Å²) in [6.45, 7) is 8.36. The van der Waals surface area contributed by atoms with E-state index in [1.54, 1.807) is 0 Å². The Bertz CT molecular complexity index is 230. The molecule has 0 bridgehead atoms. The third-order valence-electron chi connectivity index (χ3n) is 4.04. The van der Waals surface area contributed by atoms with Crippen molar-refractivity contribution in [3.05, 3.63) is 0 Å². The van der Waals surface area contributed by atoms with Crippen molar-refractivity contribution in [1.82, 2.24) is 10.6 Å². The fourth-order valence-electron chi connectivity index (χ4n) is 2.59. The predicted octanol–water partition coefficient (Wildman–Crippen LogP) is 2.32. The highest BCUT2D eigenvalue weighted by atomic mass is 16.1. The Balaban J connectivity index is 2.15. The lowest BCUT2D eigenvalue weighted by Gasteiger charge is -2.34. The van der Waals surface area contributed by atoms with Crippen molar-refractivity contribution < 1.29 is 4.79 Å². The Morgan fingerprint density at radius 3 is 2.71 bits per heavy atom. The second kappa shape index (κ2) is 7.70. The van der Waals surface area contributed by atoms with E-state index >= 15 is 0 Å². The third-order valence-corrected chi connectivity index (χ3v) is 4.04. The van der Waals surface area contributed by atoms with Crippen LogP contribution in [0.2, 0.25) is 0 Å². The standard InChI is InChI=1S/C14H28N2O/c1-4-9-16-14(17)8-10-15-13-7-5-6-11(2)12(13)3/h11-13,15H,4-10H2,1-3H3,(H,16,17). The summed E-state index contributed by atoms with van der Waals surface area (Å²) in [6.07, 6.45) is 5.57. The average Bonchev–Trinajstić information content (AvgIpc) is 2.32. The molecule has 1 rings (SSSR count). The summed E-state index contributed by atoms with van der Waals surface area (Å²) in [5, 5.41) is 6.46. The largest absolute Gasteiger partial charge is 0.356 e. The first kappa shape index (κ1) is 14.5. The molecule has 3 nitrogen and oxygen atoms in total. The topological polar surface area (TPSA) is 41.1 Å². The Kier molecular flexibility index (Phi) is 6.56. The van der Waals surface area contributed by atoms with E-state index in [4.69, 9.17) is 0 Å². The van der Waals surface area contributed by atoms with E-state index in [9.17, 15) is 4.79 Å². The molecule has 0 aromatic heterocycles. The van der Waals surface area contributed by atoms with Gasteiger partial charge in [0.25, 0.3) is 0 Å². The first-order valence-electron chi connectivity index (χ1n) is 7.15. The summed E-state index contributed by atoms with van der Waals surface area (Å²) in [5.74, 6) is 1.73. The number of hydrogen-bond acceptors (Lipinski definition) is 2. The van der Waals surface area contributed by atoms with Crippen LogP contribution in [-0.4, -0.2) is 25.0 Å². The van der Waals surface area contributed by atoms with E-state index in [2.05, 4.69) is 31.4 Å². The number of carbonyl (C=O) groups excluding carboxylic acids is 1. The normalized spacial score (nSPS) is 29.0. The Labute approximate surface area is 106 Å². The molecule has 0 aliphatic heterocycles. The molecular formula is C14H28N2O. The van der Waals surface area contributed by atoms with Crippen LogP contribution in [0.4, 0.5) is 0 Å². The second-order valence-electron chi connectivity index (χ2n) is 5.43. The third kappa shape index (κ3) is 5.07. The highest BCUT2D eigenvalue weighted by Crippen LogP contribution is 2.29. The molecule has 0 spiro atoms. The van der Waals surface area contributed by atoms with E-state index in [0.29, 0.717) is 12.5 Å². The SMILES string of the molecule is CCCNC(=O)CCNC1CCCC(C)C1C. The van der Waals surface area contributed by atoms with Gasteiger partial charge >= 0.3 is 0 Å². The van der Waals surface area contributed by atoms with E-state index < -0.39 is 0 Å². The monoisotopic (exact) mass is 240 g/mol. The molecule has 0 radical (unpaired) electrons. The molecule has 0 saturated heterocycles. The van der Waals surface area contributed by atoms with Gasteiger partial charge in [-0.1, -0.05) is 33.6 Å². The van der Waals surface area contributed by atoms with Crippen molar-refractivity contribution in [2.45, 2.75) is 58.9 Å². The second-order valence-corrected chi connectivity index (χ2v) is 5.43. The summed E-state index contributed by atoms with van der Waals surface area (Å²) >= 11 is 0. The minimum atomic E-state index is 0.177. The maximum absolute atomic E-state index is 11.4. The highest BCUT2D eigenvalue weighted by molar-refractivity contribution is 5.75. The van der Waals surface area contributed by atoms with Gasteiger partial charge in [0.15, 0.2) is 0 Å². The summed E-state index contributed by atoms with van der Waals surface area (Å²) in [6, 6.07) is 0.609. The number of nitrogens with one attached hydrogen (secondary N) is 2. The van der Waals surface area contributed by atoms with Gasteiger partial charge in [0.1, 0.15) is 0 Å². The van der Waals surface area contributed by atoms with Crippen molar-refractivity contribution in [1.29, 1.82) is 0 Å². The molecular weight excluding hydrogens is 212 g/mol. The lowest BCUT2D eigenvalue weighted by molar-refractivity contribution is -0.121. The van der Waals surface area contributed by atoms with Crippen LogP contribution in [-0.2, 0) is 4.79 Å². The molecule has 1 amide bonds. The highest BCUT2D eigenvalue weighted by Gasteiger charge is 2.26. The number of hydrogen-bond donors (Lipinski definition) is 2.